The summed E-state index contributed by atoms with van der Waals surface area (Å²) in [5.41, 5.74) is 1.04. The van der Waals surface area contributed by atoms with Gasteiger partial charge in [-0.3, -0.25) is 9.59 Å². The molecule has 99 valence electrons. The number of rotatable bonds is 5. The van der Waals surface area contributed by atoms with E-state index in [2.05, 4.69) is 6.07 Å². The summed E-state index contributed by atoms with van der Waals surface area (Å²) in [6, 6.07) is 16.2. The topological polar surface area (TPSA) is 43.4 Å². The van der Waals surface area contributed by atoms with E-state index in [4.69, 9.17) is 4.74 Å². The van der Waals surface area contributed by atoms with Crippen LogP contribution in [-0.4, -0.2) is 18.7 Å². The number of ketones is 2. The molecule has 3 nitrogen and oxygen atoms in total. The number of ether oxygens (including phenoxy) is 1. The van der Waals surface area contributed by atoms with Gasteiger partial charge in [-0.05, 0) is 24.3 Å². The van der Waals surface area contributed by atoms with Gasteiger partial charge in [0.15, 0.2) is 5.78 Å². The van der Waals surface area contributed by atoms with Crippen LogP contribution in [0.25, 0.3) is 0 Å². The molecule has 0 bridgehead atoms. The number of benzene rings is 2. The number of carbonyl (C=O) groups is 2. The molecule has 4 heteroatoms. The third-order valence-electron chi connectivity index (χ3n) is 2.77. The van der Waals surface area contributed by atoms with Gasteiger partial charge < -0.3 is 4.74 Å². The van der Waals surface area contributed by atoms with Crippen LogP contribution in [0.3, 0.4) is 0 Å². The van der Waals surface area contributed by atoms with Gasteiger partial charge in [0.2, 0.25) is 0 Å². The number of Topliss-reactive ketones (excluding diaryl/α,β-unsaturated/α-hetero) is 2. The van der Waals surface area contributed by atoms with Crippen molar-refractivity contribution in [1.82, 2.24) is 0 Å². The summed E-state index contributed by atoms with van der Waals surface area (Å²) in [4.78, 5) is 23.9. The van der Waals surface area contributed by atoms with Gasteiger partial charge in [0.05, 0.1) is 13.5 Å². The van der Waals surface area contributed by atoms with E-state index in [1.807, 2.05) is 0 Å². The molecule has 0 heterocycles. The predicted octanol–water partition coefficient (Wildman–Crippen LogP) is 2.95. The molecule has 0 fully saturated rings. The Bertz CT molecular complexity index is 576. The molecular formula is C16H13O3Y-. The van der Waals surface area contributed by atoms with Crippen molar-refractivity contribution >= 4 is 11.6 Å². The SMILES string of the molecule is COc1ccc(C(=O)CC(=O)c2cc[c-]cc2)cc1.[Y]. The summed E-state index contributed by atoms with van der Waals surface area (Å²) in [5.74, 6) is 0.303. The molecule has 0 N–H and O–H groups in total. The summed E-state index contributed by atoms with van der Waals surface area (Å²) in [5, 5.41) is 0. The van der Waals surface area contributed by atoms with Crippen LogP contribution in [0, 0.1) is 6.07 Å². The van der Waals surface area contributed by atoms with Crippen molar-refractivity contribution in [3.63, 3.8) is 0 Å². The molecule has 0 saturated heterocycles. The van der Waals surface area contributed by atoms with Crippen LogP contribution >= 0.6 is 0 Å². The van der Waals surface area contributed by atoms with Crippen molar-refractivity contribution in [2.45, 2.75) is 6.42 Å². The second-order valence-corrected chi connectivity index (χ2v) is 4.04. The fourth-order valence-electron chi connectivity index (χ4n) is 1.70. The molecule has 0 aliphatic rings. The van der Waals surface area contributed by atoms with Crippen LogP contribution in [-0.2, 0) is 32.7 Å². The molecule has 0 spiro atoms. The smallest absolute Gasteiger partial charge is 0.170 e. The molecule has 2 rings (SSSR count). The van der Waals surface area contributed by atoms with Crippen LogP contribution in [0.5, 0.6) is 5.75 Å². The van der Waals surface area contributed by atoms with Crippen molar-refractivity contribution in [2.24, 2.45) is 0 Å². The molecule has 2 aromatic carbocycles. The van der Waals surface area contributed by atoms with Crippen molar-refractivity contribution in [2.75, 3.05) is 7.11 Å². The summed E-state index contributed by atoms with van der Waals surface area (Å²) >= 11 is 0. The standard InChI is InChI=1S/C16H13O3.Y/c1-19-14-9-7-13(8-10-14)16(18)11-15(17)12-5-3-2-4-6-12;/h3-10H,11H2,1H3;/q-1;. The fraction of sp³-hybridized carbons (Fsp3) is 0.125. The van der Waals surface area contributed by atoms with Gasteiger partial charge in [0.25, 0.3) is 0 Å². The Morgan fingerprint density at radius 1 is 0.950 bits per heavy atom. The maximum atomic E-state index is 12.0. The Kier molecular flexibility index (Phi) is 6.76. The van der Waals surface area contributed by atoms with Crippen LogP contribution in [0.1, 0.15) is 27.1 Å². The first-order valence-corrected chi connectivity index (χ1v) is 5.87. The third kappa shape index (κ3) is 4.36. The molecule has 0 aliphatic carbocycles. The van der Waals surface area contributed by atoms with E-state index < -0.39 is 0 Å². The molecular weight excluding hydrogens is 329 g/mol. The number of methoxy groups -OCH3 is 1. The van der Waals surface area contributed by atoms with E-state index in [0.717, 1.165) is 0 Å². The van der Waals surface area contributed by atoms with Gasteiger partial charge >= 0.3 is 0 Å². The number of hydrogen-bond acceptors (Lipinski definition) is 3. The number of hydrogen-bond donors (Lipinski definition) is 0. The molecule has 0 aromatic heterocycles. The van der Waals surface area contributed by atoms with Crippen molar-refractivity contribution in [1.29, 1.82) is 0 Å². The van der Waals surface area contributed by atoms with E-state index >= 15 is 0 Å². The molecule has 0 amide bonds. The normalized spacial score (nSPS) is 9.45. The maximum absolute atomic E-state index is 12.0. The summed E-state index contributed by atoms with van der Waals surface area (Å²) in [6.07, 6.45) is -0.129. The Labute approximate surface area is 143 Å². The zero-order valence-corrected chi connectivity index (χ0v) is 14.0. The third-order valence-corrected chi connectivity index (χ3v) is 2.77. The molecule has 1 radical (unpaired) electrons. The van der Waals surface area contributed by atoms with Gasteiger partial charge in [0.1, 0.15) is 11.5 Å². The van der Waals surface area contributed by atoms with Gasteiger partial charge in [-0.1, -0.05) is 5.56 Å². The molecule has 2 aromatic rings. The van der Waals surface area contributed by atoms with Crippen molar-refractivity contribution in [3.05, 3.63) is 65.7 Å². The number of carbonyl (C=O) groups excluding carboxylic acids is 2. The van der Waals surface area contributed by atoms with Gasteiger partial charge in [-0.25, -0.2) is 0 Å². The van der Waals surface area contributed by atoms with Crippen LogP contribution < -0.4 is 4.74 Å². The van der Waals surface area contributed by atoms with Crippen LogP contribution in [0.2, 0.25) is 0 Å². The fourth-order valence-corrected chi connectivity index (χ4v) is 1.70. The van der Waals surface area contributed by atoms with Crippen LogP contribution in [0.15, 0.2) is 48.5 Å². The first-order valence-electron chi connectivity index (χ1n) is 5.87. The minimum Gasteiger partial charge on any atom is -0.497 e. The molecule has 0 aliphatic heterocycles. The largest absolute Gasteiger partial charge is 0.497 e. The van der Waals surface area contributed by atoms with E-state index in [1.165, 1.54) is 0 Å². The second-order valence-electron chi connectivity index (χ2n) is 4.04. The molecule has 0 saturated carbocycles. The monoisotopic (exact) mass is 342 g/mol. The second kappa shape index (κ2) is 8.08. The Morgan fingerprint density at radius 3 is 1.95 bits per heavy atom. The molecule has 20 heavy (non-hydrogen) atoms. The van der Waals surface area contributed by atoms with E-state index in [0.29, 0.717) is 16.9 Å². The van der Waals surface area contributed by atoms with E-state index in [9.17, 15) is 9.59 Å². The molecule has 0 atom stereocenters. The average Bonchev–Trinajstić information content (AvgIpc) is 2.48. The minimum absolute atomic E-state index is 0. The summed E-state index contributed by atoms with van der Waals surface area (Å²) in [6.45, 7) is 0. The first kappa shape index (κ1) is 16.7. The quantitative estimate of drug-likeness (QED) is 0.477. The minimum atomic E-state index is -0.194. The summed E-state index contributed by atoms with van der Waals surface area (Å²) < 4.78 is 5.02. The van der Waals surface area contributed by atoms with Crippen LogP contribution in [0.4, 0.5) is 0 Å². The van der Waals surface area contributed by atoms with Crippen molar-refractivity contribution in [3.8, 4) is 5.75 Å². The maximum Gasteiger partial charge on any atom is 0.170 e. The zero-order valence-electron chi connectivity index (χ0n) is 11.1. The predicted molar refractivity (Wildman–Crippen MR) is 71.6 cm³/mol. The first-order chi connectivity index (χ1) is 9.20. The van der Waals surface area contributed by atoms with Crippen molar-refractivity contribution < 1.29 is 47.0 Å². The Morgan fingerprint density at radius 2 is 1.45 bits per heavy atom. The van der Waals surface area contributed by atoms with Gasteiger partial charge in [-0.15, -0.1) is 0 Å². The van der Waals surface area contributed by atoms with E-state index in [-0.39, 0.29) is 50.7 Å². The summed E-state index contributed by atoms with van der Waals surface area (Å²) in [7, 11) is 1.56. The van der Waals surface area contributed by atoms with Gasteiger partial charge in [0, 0.05) is 38.3 Å². The molecule has 0 unspecified atom stereocenters. The van der Waals surface area contributed by atoms with E-state index in [1.54, 1.807) is 55.6 Å². The Balaban J connectivity index is 0.00000200. The van der Waals surface area contributed by atoms with Gasteiger partial charge in [-0.2, -0.15) is 30.3 Å². The average molecular weight is 342 g/mol. The Hall–Kier alpha value is -1.32. The zero-order chi connectivity index (χ0) is 13.7.